The van der Waals surface area contributed by atoms with Gasteiger partial charge in [0.25, 0.3) is 0 Å². The Kier molecular flexibility index (Phi) is 5.78. The number of rotatable bonds is 6. The number of alkyl halides is 3. The Bertz CT molecular complexity index is 630. The van der Waals surface area contributed by atoms with Crippen molar-refractivity contribution in [2.75, 3.05) is 0 Å². The van der Waals surface area contributed by atoms with Crippen molar-refractivity contribution in [3.63, 3.8) is 0 Å². The summed E-state index contributed by atoms with van der Waals surface area (Å²) in [4.78, 5) is 15.6. The Hall–Kier alpha value is -2.58. The van der Waals surface area contributed by atoms with Gasteiger partial charge in [-0.15, -0.1) is 0 Å². The summed E-state index contributed by atoms with van der Waals surface area (Å²) in [6, 6.07) is 4.97. The van der Waals surface area contributed by atoms with Gasteiger partial charge in [-0.1, -0.05) is 30.3 Å². The molecule has 0 saturated heterocycles. The third-order valence-electron chi connectivity index (χ3n) is 3.29. The fraction of sp³-hybridized carbons (Fsp3) is 0.400. The van der Waals surface area contributed by atoms with Crippen LogP contribution < -0.4 is 10.6 Å². The molecule has 0 fully saturated rings. The Balaban J connectivity index is 1.92. The normalized spacial score (nSPS) is 14.0. The SMILES string of the molecule is CC(Cn1cncn1)NC(=O)NC(Cc1ccccc1)C(F)(F)F. The minimum atomic E-state index is -4.54. The van der Waals surface area contributed by atoms with Gasteiger partial charge in [-0.3, -0.25) is 4.68 Å². The number of aromatic nitrogens is 3. The smallest absolute Gasteiger partial charge is 0.334 e. The van der Waals surface area contributed by atoms with Gasteiger partial charge in [-0.25, -0.2) is 9.78 Å². The lowest BCUT2D eigenvalue weighted by molar-refractivity contribution is -0.152. The molecule has 1 aromatic heterocycles. The molecule has 0 bridgehead atoms. The number of benzene rings is 1. The molecule has 0 spiro atoms. The summed E-state index contributed by atoms with van der Waals surface area (Å²) in [5, 5.41) is 8.34. The second kappa shape index (κ2) is 7.80. The standard InChI is InChI=1S/C15H18F3N5O/c1-11(8-23-10-19-9-20-23)21-14(24)22-13(15(16,17)18)7-12-5-3-2-4-6-12/h2-6,9-11,13H,7-8H2,1H3,(H2,21,22,24). The first kappa shape index (κ1) is 17.8. The number of amides is 2. The third kappa shape index (κ3) is 5.56. The van der Waals surface area contributed by atoms with Crippen LogP contribution in [0.15, 0.2) is 43.0 Å². The van der Waals surface area contributed by atoms with Crippen LogP contribution in [0.5, 0.6) is 0 Å². The molecule has 9 heteroatoms. The molecule has 1 aromatic carbocycles. The first-order chi connectivity index (χ1) is 11.3. The lowest BCUT2D eigenvalue weighted by atomic mass is 10.1. The topological polar surface area (TPSA) is 71.8 Å². The molecule has 1 heterocycles. The zero-order valence-corrected chi connectivity index (χ0v) is 13.0. The Morgan fingerprint density at radius 3 is 2.54 bits per heavy atom. The number of carbonyl (C=O) groups is 1. The summed E-state index contributed by atoms with van der Waals surface area (Å²) in [6.07, 6.45) is -2.06. The summed E-state index contributed by atoms with van der Waals surface area (Å²) >= 11 is 0. The van der Waals surface area contributed by atoms with E-state index in [9.17, 15) is 18.0 Å². The van der Waals surface area contributed by atoms with Gasteiger partial charge in [0, 0.05) is 12.5 Å². The van der Waals surface area contributed by atoms with Gasteiger partial charge in [0.1, 0.15) is 18.7 Å². The summed E-state index contributed by atoms with van der Waals surface area (Å²) in [5.74, 6) is 0. The van der Waals surface area contributed by atoms with Crippen molar-refractivity contribution in [1.82, 2.24) is 25.4 Å². The van der Waals surface area contributed by atoms with Crippen LogP contribution in [0.2, 0.25) is 0 Å². The third-order valence-corrected chi connectivity index (χ3v) is 3.29. The molecule has 2 amide bonds. The molecule has 2 rings (SSSR count). The van der Waals surface area contributed by atoms with Gasteiger partial charge in [-0.2, -0.15) is 18.3 Å². The van der Waals surface area contributed by atoms with Crippen LogP contribution in [0.3, 0.4) is 0 Å². The average Bonchev–Trinajstić information content (AvgIpc) is 2.99. The summed E-state index contributed by atoms with van der Waals surface area (Å²) in [5.41, 5.74) is 0.496. The maximum Gasteiger partial charge on any atom is 0.408 e. The zero-order valence-electron chi connectivity index (χ0n) is 13.0. The molecular formula is C15H18F3N5O. The van der Waals surface area contributed by atoms with Crippen molar-refractivity contribution in [3.05, 3.63) is 48.5 Å². The highest BCUT2D eigenvalue weighted by atomic mass is 19.4. The van der Waals surface area contributed by atoms with Crippen molar-refractivity contribution < 1.29 is 18.0 Å². The fourth-order valence-corrected chi connectivity index (χ4v) is 2.18. The molecule has 0 aliphatic carbocycles. The van der Waals surface area contributed by atoms with Gasteiger partial charge in [0.2, 0.25) is 0 Å². The Morgan fingerprint density at radius 1 is 1.25 bits per heavy atom. The number of hydrogen-bond acceptors (Lipinski definition) is 3. The first-order valence-electron chi connectivity index (χ1n) is 7.34. The highest BCUT2D eigenvalue weighted by Gasteiger charge is 2.40. The first-order valence-corrected chi connectivity index (χ1v) is 7.34. The molecule has 130 valence electrons. The maximum atomic E-state index is 13.1. The van der Waals surface area contributed by atoms with E-state index in [0.29, 0.717) is 12.1 Å². The van der Waals surface area contributed by atoms with Crippen LogP contribution in [0.4, 0.5) is 18.0 Å². The van der Waals surface area contributed by atoms with Crippen LogP contribution >= 0.6 is 0 Å². The molecule has 2 atom stereocenters. The van der Waals surface area contributed by atoms with Crippen molar-refractivity contribution in [3.8, 4) is 0 Å². The second-order valence-corrected chi connectivity index (χ2v) is 5.42. The van der Waals surface area contributed by atoms with Crippen molar-refractivity contribution in [2.45, 2.75) is 38.1 Å². The predicted octanol–water partition coefficient (Wildman–Crippen LogP) is 2.14. The van der Waals surface area contributed by atoms with Crippen LogP contribution in [-0.4, -0.2) is 39.1 Å². The quantitative estimate of drug-likeness (QED) is 0.846. The van der Waals surface area contributed by atoms with Crippen molar-refractivity contribution >= 4 is 6.03 Å². The number of nitrogens with zero attached hydrogens (tertiary/aromatic N) is 3. The Labute approximate surface area is 137 Å². The second-order valence-electron chi connectivity index (χ2n) is 5.42. The lowest BCUT2D eigenvalue weighted by Crippen LogP contribution is -2.52. The number of carbonyl (C=O) groups excluding carboxylic acids is 1. The molecule has 0 aliphatic heterocycles. The van der Waals surface area contributed by atoms with Gasteiger partial charge in [0.05, 0.1) is 6.54 Å². The van der Waals surface area contributed by atoms with Gasteiger partial charge in [-0.05, 0) is 12.5 Å². The molecule has 6 nitrogen and oxygen atoms in total. The summed E-state index contributed by atoms with van der Waals surface area (Å²) in [6.45, 7) is 1.98. The van der Waals surface area contributed by atoms with Gasteiger partial charge in [0.15, 0.2) is 0 Å². The lowest BCUT2D eigenvalue weighted by Gasteiger charge is -2.23. The van der Waals surface area contributed by atoms with Crippen LogP contribution in [0.1, 0.15) is 12.5 Å². The van der Waals surface area contributed by atoms with Crippen molar-refractivity contribution in [2.24, 2.45) is 0 Å². The zero-order chi connectivity index (χ0) is 17.6. The fourth-order valence-electron chi connectivity index (χ4n) is 2.18. The van der Waals surface area contributed by atoms with E-state index < -0.39 is 24.3 Å². The molecule has 0 radical (unpaired) electrons. The van der Waals surface area contributed by atoms with E-state index in [0.717, 1.165) is 0 Å². The number of nitrogens with one attached hydrogen (secondary N) is 2. The van der Waals surface area contributed by atoms with E-state index >= 15 is 0 Å². The summed E-state index contributed by atoms with van der Waals surface area (Å²) < 4.78 is 40.9. The highest BCUT2D eigenvalue weighted by Crippen LogP contribution is 2.23. The van der Waals surface area contributed by atoms with Crippen LogP contribution in [0.25, 0.3) is 0 Å². The van der Waals surface area contributed by atoms with E-state index in [-0.39, 0.29) is 6.42 Å². The summed E-state index contributed by atoms with van der Waals surface area (Å²) in [7, 11) is 0. The average molecular weight is 341 g/mol. The van der Waals surface area contributed by atoms with E-state index in [1.54, 1.807) is 37.3 Å². The molecule has 24 heavy (non-hydrogen) atoms. The number of urea groups is 1. The molecule has 2 N–H and O–H groups in total. The van der Waals surface area contributed by atoms with E-state index in [1.165, 1.54) is 17.3 Å². The van der Waals surface area contributed by atoms with Gasteiger partial charge < -0.3 is 10.6 Å². The van der Waals surface area contributed by atoms with Crippen LogP contribution in [-0.2, 0) is 13.0 Å². The molecule has 0 aliphatic rings. The molecule has 2 aromatic rings. The van der Waals surface area contributed by atoms with Crippen molar-refractivity contribution in [1.29, 1.82) is 0 Å². The molecule has 0 saturated carbocycles. The van der Waals surface area contributed by atoms with E-state index in [1.807, 2.05) is 5.32 Å². The van der Waals surface area contributed by atoms with E-state index in [4.69, 9.17) is 0 Å². The monoisotopic (exact) mass is 341 g/mol. The largest absolute Gasteiger partial charge is 0.408 e. The minimum Gasteiger partial charge on any atom is -0.334 e. The van der Waals surface area contributed by atoms with Crippen LogP contribution in [0, 0.1) is 0 Å². The van der Waals surface area contributed by atoms with E-state index in [2.05, 4.69) is 15.4 Å². The predicted molar refractivity (Wildman–Crippen MR) is 81.1 cm³/mol. The molecular weight excluding hydrogens is 323 g/mol. The number of hydrogen-bond donors (Lipinski definition) is 2. The van der Waals surface area contributed by atoms with Gasteiger partial charge >= 0.3 is 12.2 Å². The molecule has 2 unspecified atom stereocenters. The maximum absolute atomic E-state index is 13.1. The highest BCUT2D eigenvalue weighted by molar-refractivity contribution is 5.74. The number of halogens is 3. The minimum absolute atomic E-state index is 0.308. The Morgan fingerprint density at radius 2 is 1.96 bits per heavy atom.